The van der Waals surface area contributed by atoms with Crippen molar-refractivity contribution in [3.63, 3.8) is 0 Å². The average Bonchev–Trinajstić information content (AvgIpc) is 2.97. The molecule has 0 amide bonds. The summed E-state index contributed by atoms with van der Waals surface area (Å²) >= 11 is 1.48. The monoisotopic (exact) mass is 298 g/mol. The topological polar surface area (TPSA) is 50.7 Å². The number of nitrogens with zero attached hydrogens (tertiary/aromatic N) is 3. The van der Waals surface area contributed by atoms with E-state index in [-0.39, 0.29) is 6.04 Å². The molecule has 2 heterocycles. The third-order valence-electron chi connectivity index (χ3n) is 3.61. The molecule has 0 saturated heterocycles. The molecule has 1 aromatic carbocycles. The molecule has 0 bridgehead atoms. The van der Waals surface area contributed by atoms with Gasteiger partial charge in [-0.05, 0) is 42.7 Å². The summed E-state index contributed by atoms with van der Waals surface area (Å²) in [5, 5.41) is 8.88. The summed E-state index contributed by atoms with van der Waals surface area (Å²) in [6.45, 7) is 2.17. The van der Waals surface area contributed by atoms with E-state index in [0.717, 1.165) is 24.1 Å². The Morgan fingerprint density at radius 3 is 2.95 bits per heavy atom. The number of benzene rings is 1. The zero-order chi connectivity index (χ0) is 14.7. The Labute approximate surface area is 128 Å². The minimum Gasteiger partial charge on any atom is -0.309 e. The second-order valence-electron chi connectivity index (χ2n) is 4.97. The molecular weight excluding hydrogens is 280 g/mol. The highest BCUT2D eigenvalue weighted by atomic mass is 32.1. The van der Waals surface area contributed by atoms with E-state index in [2.05, 4.69) is 45.0 Å². The maximum absolute atomic E-state index is 4.44. The van der Waals surface area contributed by atoms with Gasteiger partial charge < -0.3 is 5.32 Å². The summed E-state index contributed by atoms with van der Waals surface area (Å²) < 4.78 is 4.15. The third-order valence-corrected chi connectivity index (χ3v) is 4.44. The Morgan fingerprint density at radius 1 is 1.24 bits per heavy atom. The number of nitrogens with one attached hydrogen (secondary N) is 1. The highest BCUT2D eigenvalue weighted by Gasteiger charge is 2.21. The lowest BCUT2D eigenvalue weighted by Gasteiger charge is -2.17. The molecule has 0 saturated carbocycles. The van der Waals surface area contributed by atoms with Crippen molar-refractivity contribution in [2.75, 3.05) is 7.05 Å². The molecular formula is C16H18N4S. The molecule has 0 spiro atoms. The zero-order valence-electron chi connectivity index (χ0n) is 12.2. The number of fused-ring (bicyclic) bond motifs is 1. The van der Waals surface area contributed by atoms with E-state index in [1.807, 2.05) is 25.4 Å². The quantitative estimate of drug-likeness (QED) is 0.785. The maximum atomic E-state index is 4.44. The van der Waals surface area contributed by atoms with Gasteiger partial charge >= 0.3 is 0 Å². The van der Waals surface area contributed by atoms with Gasteiger partial charge in [0.25, 0.3) is 0 Å². The number of rotatable bonds is 5. The van der Waals surface area contributed by atoms with Gasteiger partial charge in [-0.1, -0.05) is 36.0 Å². The predicted molar refractivity (Wildman–Crippen MR) is 86.5 cm³/mol. The molecule has 3 aromatic rings. The van der Waals surface area contributed by atoms with E-state index in [4.69, 9.17) is 0 Å². The molecule has 21 heavy (non-hydrogen) atoms. The van der Waals surface area contributed by atoms with Crippen LogP contribution in [0.25, 0.3) is 10.9 Å². The predicted octanol–water partition coefficient (Wildman–Crippen LogP) is 3.35. The summed E-state index contributed by atoms with van der Waals surface area (Å²) in [6.07, 6.45) is 3.87. The molecule has 4 nitrogen and oxygen atoms in total. The lowest BCUT2D eigenvalue weighted by Crippen LogP contribution is -2.18. The van der Waals surface area contributed by atoms with Crippen molar-refractivity contribution in [2.45, 2.75) is 25.8 Å². The van der Waals surface area contributed by atoms with Crippen LogP contribution >= 0.6 is 11.5 Å². The van der Waals surface area contributed by atoms with Crippen molar-refractivity contribution >= 4 is 22.4 Å². The Kier molecular flexibility index (Phi) is 4.22. The van der Waals surface area contributed by atoms with Crippen molar-refractivity contribution in [2.24, 2.45) is 0 Å². The molecule has 0 aliphatic heterocycles. The summed E-state index contributed by atoms with van der Waals surface area (Å²) in [5.41, 5.74) is 3.35. The summed E-state index contributed by atoms with van der Waals surface area (Å²) in [7, 11) is 1.98. The van der Waals surface area contributed by atoms with Crippen LogP contribution in [-0.4, -0.2) is 21.6 Å². The lowest BCUT2D eigenvalue weighted by atomic mass is 9.98. The Hall–Kier alpha value is -1.85. The van der Waals surface area contributed by atoms with Crippen molar-refractivity contribution in [3.05, 3.63) is 52.7 Å². The molecule has 5 heteroatoms. The minimum absolute atomic E-state index is 0.111. The van der Waals surface area contributed by atoms with Crippen molar-refractivity contribution in [3.8, 4) is 0 Å². The van der Waals surface area contributed by atoms with Crippen LogP contribution in [0.15, 0.2) is 36.5 Å². The van der Waals surface area contributed by atoms with Gasteiger partial charge in [0.05, 0.1) is 22.1 Å². The Bertz CT molecular complexity index is 732. The molecule has 0 fully saturated rings. The normalized spacial score (nSPS) is 12.7. The summed E-state index contributed by atoms with van der Waals surface area (Å²) in [6, 6.07) is 10.5. The molecule has 0 radical (unpaired) electrons. The first-order valence-corrected chi connectivity index (χ1v) is 7.94. The van der Waals surface area contributed by atoms with Crippen LogP contribution in [0, 0.1) is 0 Å². The molecule has 1 atom stereocenters. The van der Waals surface area contributed by atoms with E-state index in [1.54, 1.807) is 0 Å². The second-order valence-corrected chi connectivity index (χ2v) is 5.76. The first-order valence-electron chi connectivity index (χ1n) is 7.17. The zero-order valence-corrected chi connectivity index (χ0v) is 13.0. The van der Waals surface area contributed by atoms with Crippen molar-refractivity contribution in [1.82, 2.24) is 19.9 Å². The van der Waals surface area contributed by atoms with Crippen molar-refractivity contribution < 1.29 is 0 Å². The van der Waals surface area contributed by atoms with Crippen LogP contribution in [0.3, 0.4) is 0 Å². The van der Waals surface area contributed by atoms with Crippen LogP contribution in [-0.2, 0) is 6.42 Å². The average molecular weight is 298 g/mol. The number of pyridine rings is 1. The number of aryl methyl sites for hydroxylation is 1. The van der Waals surface area contributed by atoms with Gasteiger partial charge in [0.15, 0.2) is 0 Å². The van der Waals surface area contributed by atoms with Gasteiger partial charge in [-0.3, -0.25) is 4.98 Å². The van der Waals surface area contributed by atoms with E-state index in [0.29, 0.717) is 0 Å². The minimum atomic E-state index is 0.111. The largest absolute Gasteiger partial charge is 0.309 e. The number of hydrogen-bond acceptors (Lipinski definition) is 5. The van der Waals surface area contributed by atoms with Gasteiger partial charge in [0.1, 0.15) is 0 Å². The number of hydrogen-bond donors (Lipinski definition) is 1. The fraction of sp³-hybridized carbons (Fsp3) is 0.312. The second kappa shape index (κ2) is 6.28. The first kappa shape index (κ1) is 14.1. The highest BCUT2D eigenvalue weighted by molar-refractivity contribution is 7.05. The maximum Gasteiger partial charge on any atom is 0.0807 e. The van der Waals surface area contributed by atoms with Crippen LogP contribution in [0.5, 0.6) is 0 Å². The van der Waals surface area contributed by atoms with Crippen LogP contribution < -0.4 is 5.32 Å². The van der Waals surface area contributed by atoms with Crippen LogP contribution in [0.4, 0.5) is 0 Å². The molecule has 1 N–H and O–H groups in total. The Morgan fingerprint density at radius 2 is 2.14 bits per heavy atom. The fourth-order valence-electron chi connectivity index (χ4n) is 2.65. The van der Waals surface area contributed by atoms with Crippen molar-refractivity contribution in [1.29, 1.82) is 0 Å². The van der Waals surface area contributed by atoms with Gasteiger partial charge in [-0.2, -0.15) is 0 Å². The SMILES string of the molecule is CCCc1nnsc1C(NC)c1cccc2ncccc12. The van der Waals surface area contributed by atoms with Gasteiger partial charge in [0.2, 0.25) is 0 Å². The van der Waals surface area contributed by atoms with Gasteiger partial charge in [-0.15, -0.1) is 5.10 Å². The molecule has 0 aliphatic rings. The van der Waals surface area contributed by atoms with E-state index in [1.165, 1.54) is 27.4 Å². The molecule has 3 rings (SSSR count). The van der Waals surface area contributed by atoms with Crippen LogP contribution in [0.1, 0.15) is 35.5 Å². The first-order chi connectivity index (χ1) is 10.3. The lowest BCUT2D eigenvalue weighted by molar-refractivity contribution is 0.693. The van der Waals surface area contributed by atoms with Gasteiger partial charge in [0, 0.05) is 11.6 Å². The molecule has 108 valence electrons. The Balaban J connectivity index is 2.12. The molecule has 0 aliphatic carbocycles. The van der Waals surface area contributed by atoms with Gasteiger partial charge in [-0.25, -0.2) is 0 Å². The third kappa shape index (κ3) is 2.66. The van der Waals surface area contributed by atoms with E-state index >= 15 is 0 Å². The molecule has 2 aromatic heterocycles. The van der Waals surface area contributed by atoms with E-state index < -0.39 is 0 Å². The van der Waals surface area contributed by atoms with Crippen LogP contribution in [0.2, 0.25) is 0 Å². The molecule has 1 unspecified atom stereocenters. The fourth-order valence-corrected chi connectivity index (χ4v) is 3.48. The summed E-state index contributed by atoms with van der Waals surface area (Å²) in [5.74, 6) is 0. The van der Waals surface area contributed by atoms with E-state index in [9.17, 15) is 0 Å². The standard InChI is InChI=1S/C16H18N4S/c1-3-6-14-16(21-20-19-14)15(17-2)12-7-4-9-13-11(12)8-5-10-18-13/h4-5,7-10,15,17H,3,6H2,1-2H3. The smallest absolute Gasteiger partial charge is 0.0807 e. The summed E-state index contributed by atoms with van der Waals surface area (Å²) in [4.78, 5) is 5.65. The number of aromatic nitrogens is 3. The highest BCUT2D eigenvalue weighted by Crippen LogP contribution is 2.31.